The molecule has 1 atom stereocenters. The van der Waals surface area contributed by atoms with E-state index in [9.17, 15) is 19.5 Å². The summed E-state index contributed by atoms with van der Waals surface area (Å²) in [5.41, 5.74) is 0.585. The number of hydrogen-bond acceptors (Lipinski definition) is 3. The number of benzene rings is 2. The van der Waals surface area contributed by atoms with E-state index in [2.05, 4.69) is 10.6 Å². The van der Waals surface area contributed by atoms with E-state index in [0.29, 0.717) is 36.3 Å². The SMILES string of the molecule is CCC(CNC(=O)c1ccc(N2CCNC2=O)cc1)(C(=O)O)c1ccccc1. The molecule has 7 heteroatoms. The van der Waals surface area contributed by atoms with Gasteiger partial charge in [0.25, 0.3) is 5.91 Å². The molecule has 2 aromatic carbocycles. The van der Waals surface area contributed by atoms with Gasteiger partial charge in [0.1, 0.15) is 5.41 Å². The lowest BCUT2D eigenvalue weighted by atomic mass is 9.78. The monoisotopic (exact) mass is 381 g/mol. The van der Waals surface area contributed by atoms with Gasteiger partial charge in [-0.15, -0.1) is 0 Å². The predicted octanol–water partition coefficient (Wildman–Crippen LogP) is 2.38. The Hall–Kier alpha value is -3.35. The second-order valence-electron chi connectivity index (χ2n) is 6.72. The van der Waals surface area contributed by atoms with E-state index < -0.39 is 11.4 Å². The summed E-state index contributed by atoms with van der Waals surface area (Å²) in [6.07, 6.45) is 0.343. The van der Waals surface area contributed by atoms with E-state index in [1.54, 1.807) is 60.4 Å². The molecule has 0 aromatic heterocycles. The number of hydrogen-bond donors (Lipinski definition) is 3. The zero-order chi connectivity index (χ0) is 20.1. The molecule has 0 aliphatic carbocycles. The highest BCUT2D eigenvalue weighted by molar-refractivity contribution is 5.97. The number of nitrogens with zero attached hydrogens (tertiary/aromatic N) is 1. The highest BCUT2D eigenvalue weighted by Crippen LogP contribution is 2.28. The molecule has 1 unspecified atom stereocenters. The van der Waals surface area contributed by atoms with Crippen LogP contribution in [0.15, 0.2) is 54.6 Å². The Bertz CT molecular complexity index is 867. The smallest absolute Gasteiger partial charge is 0.321 e. The third-order valence-electron chi connectivity index (χ3n) is 5.19. The van der Waals surface area contributed by atoms with E-state index >= 15 is 0 Å². The van der Waals surface area contributed by atoms with Gasteiger partial charge in [-0.2, -0.15) is 0 Å². The maximum absolute atomic E-state index is 12.6. The number of carboxylic acids is 1. The van der Waals surface area contributed by atoms with Gasteiger partial charge in [-0.25, -0.2) is 4.79 Å². The van der Waals surface area contributed by atoms with Gasteiger partial charge in [0.05, 0.1) is 0 Å². The molecule has 1 saturated heterocycles. The van der Waals surface area contributed by atoms with Gasteiger partial charge in [-0.1, -0.05) is 37.3 Å². The van der Waals surface area contributed by atoms with Crippen LogP contribution in [0.2, 0.25) is 0 Å². The lowest BCUT2D eigenvalue weighted by Crippen LogP contribution is -2.46. The Morgan fingerprint density at radius 2 is 1.82 bits per heavy atom. The van der Waals surface area contributed by atoms with Crippen LogP contribution in [0.25, 0.3) is 0 Å². The number of anilines is 1. The highest BCUT2D eigenvalue weighted by Gasteiger charge is 2.39. The van der Waals surface area contributed by atoms with Crippen LogP contribution in [-0.2, 0) is 10.2 Å². The average molecular weight is 381 g/mol. The van der Waals surface area contributed by atoms with Crippen molar-refractivity contribution in [3.8, 4) is 0 Å². The molecule has 146 valence electrons. The van der Waals surface area contributed by atoms with Gasteiger partial charge in [-0.3, -0.25) is 14.5 Å². The van der Waals surface area contributed by atoms with Gasteiger partial charge < -0.3 is 15.7 Å². The van der Waals surface area contributed by atoms with Crippen molar-refractivity contribution in [2.75, 3.05) is 24.5 Å². The summed E-state index contributed by atoms with van der Waals surface area (Å²) >= 11 is 0. The van der Waals surface area contributed by atoms with Crippen LogP contribution in [0.4, 0.5) is 10.5 Å². The molecular weight excluding hydrogens is 358 g/mol. The van der Waals surface area contributed by atoms with Crippen molar-refractivity contribution in [2.45, 2.75) is 18.8 Å². The average Bonchev–Trinajstić information content (AvgIpc) is 3.15. The van der Waals surface area contributed by atoms with Gasteiger partial charge in [0.2, 0.25) is 0 Å². The van der Waals surface area contributed by atoms with Crippen molar-refractivity contribution in [2.24, 2.45) is 0 Å². The lowest BCUT2D eigenvalue weighted by molar-refractivity contribution is -0.143. The van der Waals surface area contributed by atoms with E-state index in [1.807, 2.05) is 6.07 Å². The Kier molecular flexibility index (Phi) is 5.63. The van der Waals surface area contributed by atoms with E-state index in [1.165, 1.54) is 0 Å². The first-order valence-corrected chi connectivity index (χ1v) is 9.20. The number of amides is 3. The first kappa shape index (κ1) is 19.4. The van der Waals surface area contributed by atoms with Crippen LogP contribution in [0, 0.1) is 0 Å². The second kappa shape index (κ2) is 8.12. The first-order chi connectivity index (χ1) is 13.5. The van der Waals surface area contributed by atoms with Crippen LogP contribution in [0.3, 0.4) is 0 Å². The number of carbonyl (C=O) groups is 3. The largest absolute Gasteiger partial charge is 0.481 e. The van der Waals surface area contributed by atoms with Crippen LogP contribution >= 0.6 is 0 Å². The van der Waals surface area contributed by atoms with Crippen molar-refractivity contribution in [3.63, 3.8) is 0 Å². The van der Waals surface area contributed by atoms with Crippen LogP contribution in [-0.4, -0.2) is 42.6 Å². The summed E-state index contributed by atoms with van der Waals surface area (Å²) in [6, 6.07) is 15.5. The molecule has 1 heterocycles. The Labute approximate surface area is 163 Å². The number of aliphatic carboxylic acids is 1. The van der Waals surface area contributed by atoms with E-state index in [4.69, 9.17) is 0 Å². The minimum atomic E-state index is -1.19. The van der Waals surface area contributed by atoms with E-state index in [0.717, 1.165) is 0 Å². The lowest BCUT2D eigenvalue weighted by Gasteiger charge is -2.29. The molecule has 2 aromatic rings. The Morgan fingerprint density at radius 3 is 2.36 bits per heavy atom. The Morgan fingerprint density at radius 1 is 1.14 bits per heavy atom. The second-order valence-corrected chi connectivity index (χ2v) is 6.72. The molecule has 1 aliphatic heterocycles. The molecule has 0 spiro atoms. The van der Waals surface area contributed by atoms with Crippen molar-refractivity contribution < 1.29 is 19.5 Å². The zero-order valence-electron chi connectivity index (χ0n) is 15.6. The third-order valence-corrected chi connectivity index (χ3v) is 5.19. The summed E-state index contributed by atoms with van der Waals surface area (Å²) in [5, 5.41) is 15.3. The molecule has 28 heavy (non-hydrogen) atoms. The summed E-state index contributed by atoms with van der Waals surface area (Å²) in [5.74, 6) is -1.33. The molecule has 0 bridgehead atoms. The fraction of sp³-hybridized carbons (Fsp3) is 0.286. The number of carboxylic acid groups (broad SMARTS) is 1. The van der Waals surface area contributed by atoms with Gasteiger partial charge in [-0.05, 0) is 36.2 Å². The molecule has 0 saturated carbocycles. The van der Waals surface area contributed by atoms with Crippen LogP contribution < -0.4 is 15.5 Å². The third kappa shape index (κ3) is 3.69. The van der Waals surface area contributed by atoms with Gasteiger partial charge in [0.15, 0.2) is 0 Å². The topological polar surface area (TPSA) is 98.7 Å². The fourth-order valence-electron chi connectivity index (χ4n) is 3.38. The molecule has 3 amide bonds. The van der Waals surface area contributed by atoms with Gasteiger partial charge >= 0.3 is 12.0 Å². The van der Waals surface area contributed by atoms with Crippen LogP contribution in [0.5, 0.6) is 0 Å². The number of nitrogens with one attached hydrogen (secondary N) is 2. The predicted molar refractivity (Wildman–Crippen MR) is 106 cm³/mol. The van der Waals surface area contributed by atoms with Crippen molar-refractivity contribution in [1.82, 2.24) is 10.6 Å². The molecule has 1 aliphatic rings. The quantitative estimate of drug-likeness (QED) is 0.686. The molecular formula is C21H23N3O4. The fourth-order valence-corrected chi connectivity index (χ4v) is 3.38. The Balaban J connectivity index is 1.73. The maximum Gasteiger partial charge on any atom is 0.321 e. The van der Waals surface area contributed by atoms with Crippen molar-refractivity contribution in [1.29, 1.82) is 0 Å². The molecule has 0 radical (unpaired) electrons. The van der Waals surface area contributed by atoms with Crippen molar-refractivity contribution >= 4 is 23.6 Å². The maximum atomic E-state index is 12.6. The summed E-state index contributed by atoms with van der Waals surface area (Å²) in [4.78, 5) is 37.9. The molecule has 3 N–H and O–H groups in total. The first-order valence-electron chi connectivity index (χ1n) is 9.20. The number of urea groups is 1. The minimum Gasteiger partial charge on any atom is -0.481 e. The van der Waals surface area contributed by atoms with Crippen LogP contribution in [0.1, 0.15) is 29.3 Å². The number of rotatable bonds is 7. The molecule has 3 rings (SSSR count). The molecule has 7 nitrogen and oxygen atoms in total. The highest BCUT2D eigenvalue weighted by atomic mass is 16.4. The standard InChI is InChI=1S/C21H23N3O4/c1-2-21(19(26)27,16-6-4-3-5-7-16)14-23-18(25)15-8-10-17(11-9-15)24-13-12-22-20(24)28/h3-11H,2,12-14H2,1H3,(H,22,28)(H,23,25)(H,26,27). The molecule has 1 fully saturated rings. The summed E-state index contributed by atoms with van der Waals surface area (Å²) < 4.78 is 0. The zero-order valence-corrected chi connectivity index (χ0v) is 15.6. The summed E-state index contributed by atoms with van der Waals surface area (Å²) in [6.45, 7) is 2.95. The minimum absolute atomic E-state index is 0.0159. The number of carbonyl (C=O) groups excluding carboxylic acids is 2. The van der Waals surface area contributed by atoms with Gasteiger partial charge in [0, 0.05) is 30.9 Å². The van der Waals surface area contributed by atoms with E-state index in [-0.39, 0.29) is 18.5 Å². The normalized spacial score (nSPS) is 15.6. The van der Waals surface area contributed by atoms with Crippen molar-refractivity contribution in [3.05, 3.63) is 65.7 Å². The summed E-state index contributed by atoms with van der Waals surface area (Å²) in [7, 11) is 0.